The zero-order valence-corrected chi connectivity index (χ0v) is 12.8. The van der Waals surface area contributed by atoms with Crippen molar-refractivity contribution in [3.05, 3.63) is 47.0 Å². The summed E-state index contributed by atoms with van der Waals surface area (Å²) in [4.78, 5) is 0. The van der Waals surface area contributed by atoms with Crippen molar-refractivity contribution >= 4 is 11.6 Å². The fourth-order valence-electron chi connectivity index (χ4n) is 2.45. The highest BCUT2D eigenvalue weighted by Crippen LogP contribution is 2.46. The first-order valence-corrected chi connectivity index (χ1v) is 7.25. The van der Waals surface area contributed by atoms with Gasteiger partial charge < -0.3 is 9.47 Å². The van der Waals surface area contributed by atoms with Crippen molar-refractivity contribution < 1.29 is 22.6 Å². The summed E-state index contributed by atoms with van der Waals surface area (Å²) in [5, 5.41) is 3.16. The Morgan fingerprint density at radius 2 is 1.91 bits per heavy atom. The predicted molar refractivity (Wildman–Crippen MR) is 80.9 cm³/mol. The molecule has 1 N–H and O–H groups in total. The zero-order valence-electron chi connectivity index (χ0n) is 12.1. The second kappa shape index (κ2) is 5.94. The van der Waals surface area contributed by atoms with Crippen LogP contribution in [-0.4, -0.2) is 19.9 Å². The van der Waals surface area contributed by atoms with Gasteiger partial charge in [-0.15, -0.1) is 0 Å². The Kier molecular flexibility index (Phi) is 4.12. The maximum Gasteiger partial charge on any atom is 0.417 e. The lowest BCUT2D eigenvalue weighted by Crippen LogP contribution is -2.39. The molecule has 0 unspecified atom stereocenters. The van der Waals surface area contributed by atoms with Crippen LogP contribution in [0.3, 0.4) is 0 Å². The van der Waals surface area contributed by atoms with Crippen LogP contribution in [0.4, 0.5) is 13.2 Å². The number of benzene rings is 2. The fourth-order valence-corrected chi connectivity index (χ4v) is 2.65. The molecule has 0 saturated heterocycles. The molecular weight excluding hydrogens is 331 g/mol. The topological polar surface area (TPSA) is 30.5 Å². The summed E-state index contributed by atoms with van der Waals surface area (Å²) in [6.07, 6.45) is -4.93. The van der Waals surface area contributed by atoms with E-state index in [9.17, 15) is 13.2 Å². The van der Waals surface area contributed by atoms with Gasteiger partial charge in [-0.2, -0.15) is 13.2 Å². The van der Waals surface area contributed by atoms with Crippen LogP contribution >= 0.6 is 11.6 Å². The number of rotatable bonds is 2. The second-order valence-electron chi connectivity index (χ2n) is 5.03. The minimum atomic E-state index is -4.48. The average molecular weight is 344 g/mol. The van der Waals surface area contributed by atoms with Crippen molar-refractivity contribution in [2.24, 2.45) is 0 Å². The molecule has 0 saturated carbocycles. The van der Waals surface area contributed by atoms with Crippen molar-refractivity contribution in [1.29, 1.82) is 0 Å². The van der Waals surface area contributed by atoms with E-state index >= 15 is 0 Å². The first-order valence-electron chi connectivity index (χ1n) is 6.87. The van der Waals surface area contributed by atoms with Crippen LogP contribution < -0.4 is 14.8 Å². The third-order valence-corrected chi connectivity index (χ3v) is 3.73. The molecule has 1 aliphatic heterocycles. The van der Waals surface area contributed by atoms with E-state index in [2.05, 4.69) is 5.32 Å². The molecule has 0 fully saturated rings. The van der Waals surface area contributed by atoms with Crippen LogP contribution in [0.25, 0.3) is 11.1 Å². The standard InChI is InChI=1S/C16H13ClF3NO2/c1-21-14-8-22-13-7-9(17)6-11(15(13)23-14)10-4-2-3-5-12(10)16(18,19)20/h2-7,14,21H,8H2,1H3/t14-/m0/s1. The number of hydrogen-bond donors (Lipinski definition) is 1. The van der Waals surface area contributed by atoms with Crippen molar-refractivity contribution in [3.8, 4) is 22.6 Å². The van der Waals surface area contributed by atoms with E-state index in [0.29, 0.717) is 5.75 Å². The molecule has 7 heteroatoms. The van der Waals surface area contributed by atoms with Crippen LogP contribution in [0.5, 0.6) is 11.5 Å². The minimum Gasteiger partial charge on any atom is -0.484 e. The molecule has 0 bridgehead atoms. The predicted octanol–water partition coefficient (Wildman–Crippen LogP) is 4.34. The largest absolute Gasteiger partial charge is 0.484 e. The summed E-state index contributed by atoms with van der Waals surface area (Å²) in [5.74, 6) is 0.577. The Labute approximate surface area is 136 Å². The molecule has 0 spiro atoms. The maximum absolute atomic E-state index is 13.3. The van der Waals surface area contributed by atoms with Gasteiger partial charge >= 0.3 is 6.18 Å². The van der Waals surface area contributed by atoms with Gasteiger partial charge in [0.15, 0.2) is 17.7 Å². The molecule has 2 aromatic rings. The molecule has 0 radical (unpaired) electrons. The average Bonchev–Trinajstić information content (AvgIpc) is 2.53. The van der Waals surface area contributed by atoms with E-state index in [1.54, 1.807) is 7.05 Å². The summed E-state index contributed by atoms with van der Waals surface area (Å²) in [5.41, 5.74) is -0.501. The summed E-state index contributed by atoms with van der Waals surface area (Å²) >= 11 is 6.04. The third-order valence-electron chi connectivity index (χ3n) is 3.51. The molecule has 0 amide bonds. The van der Waals surface area contributed by atoms with Crippen LogP contribution in [0.2, 0.25) is 5.02 Å². The molecule has 1 aliphatic rings. The molecule has 2 aromatic carbocycles. The number of ether oxygens (including phenoxy) is 2. The summed E-state index contributed by atoms with van der Waals surface area (Å²) in [7, 11) is 1.68. The van der Waals surface area contributed by atoms with Gasteiger partial charge in [0.1, 0.15) is 6.61 Å². The van der Waals surface area contributed by atoms with Crippen molar-refractivity contribution in [1.82, 2.24) is 5.32 Å². The molecule has 3 nitrogen and oxygen atoms in total. The molecule has 0 aliphatic carbocycles. The van der Waals surface area contributed by atoms with Gasteiger partial charge in [0.25, 0.3) is 0 Å². The summed E-state index contributed by atoms with van der Waals surface area (Å²) < 4.78 is 51.1. The Morgan fingerprint density at radius 1 is 1.17 bits per heavy atom. The molecule has 23 heavy (non-hydrogen) atoms. The molecule has 1 atom stereocenters. The number of nitrogens with one attached hydrogen (secondary N) is 1. The monoisotopic (exact) mass is 343 g/mol. The highest BCUT2D eigenvalue weighted by Gasteiger charge is 2.35. The summed E-state index contributed by atoms with van der Waals surface area (Å²) in [6.45, 7) is 0.240. The smallest absolute Gasteiger partial charge is 0.417 e. The zero-order chi connectivity index (χ0) is 16.6. The van der Waals surface area contributed by atoms with E-state index in [-0.39, 0.29) is 28.5 Å². The number of likely N-dealkylation sites (N-methyl/N-ethyl adjacent to an activating group) is 1. The van der Waals surface area contributed by atoms with Crippen molar-refractivity contribution in [2.75, 3.05) is 13.7 Å². The lowest BCUT2D eigenvalue weighted by Gasteiger charge is -2.28. The first kappa shape index (κ1) is 16.0. The SMILES string of the molecule is CN[C@@H]1COc2cc(Cl)cc(-c3ccccc3C(F)(F)F)c2O1. The van der Waals surface area contributed by atoms with Crippen molar-refractivity contribution in [3.63, 3.8) is 0 Å². The quantitative estimate of drug-likeness (QED) is 0.879. The highest BCUT2D eigenvalue weighted by molar-refractivity contribution is 6.31. The number of hydrogen-bond acceptors (Lipinski definition) is 3. The van der Waals surface area contributed by atoms with Gasteiger partial charge in [0, 0.05) is 16.7 Å². The van der Waals surface area contributed by atoms with E-state index < -0.39 is 18.0 Å². The van der Waals surface area contributed by atoms with Gasteiger partial charge in [-0.25, -0.2) is 0 Å². The molecular formula is C16H13ClF3NO2. The maximum atomic E-state index is 13.3. The van der Waals surface area contributed by atoms with Crippen LogP contribution in [0.1, 0.15) is 5.56 Å². The Balaban J connectivity index is 2.20. The fraction of sp³-hybridized carbons (Fsp3) is 0.250. The number of halogens is 4. The van der Waals surface area contributed by atoms with E-state index in [1.165, 1.54) is 30.3 Å². The van der Waals surface area contributed by atoms with E-state index in [1.807, 2.05) is 0 Å². The molecule has 122 valence electrons. The van der Waals surface area contributed by atoms with Crippen molar-refractivity contribution in [2.45, 2.75) is 12.4 Å². The van der Waals surface area contributed by atoms with Gasteiger partial charge in [0.05, 0.1) is 5.56 Å². The van der Waals surface area contributed by atoms with Crippen LogP contribution in [0, 0.1) is 0 Å². The third kappa shape index (κ3) is 3.09. The van der Waals surface area contributed by atoms with E-state index in [4.69, 9.17) is 21.1 Å². The number of fused-ring (bicyclic) bond motifs is 1. The Morgan fingerprint density at radius 3 is 2.61 bits per heavy atom. The first-order chi connectivity index (χ1) is 10.9. The lowest BCUT2D eigenvalue weighted by atomic mass is 9.98. The molecule has 3 rings (SSSR count). The lowest BCUT2D eigenvalue weighted by molar-refractivity contribution is -0.137. The highest BCUT2D eigenvalue weighted by atomic mass is 35.5. The van der Waals surface area contributed by atoms with Gasteiger partial charge in [-0.05, 0) is 24.7 Å². The Bertz CT molecular complexity index is 734. The molecule has 1 heterocycles. The van der Waals surface area contributed by atoms with Crippen LogP contribution in [0.15, 0.2) is 36.4 Å². The van der Waals surface area contributed by atoms with Gasteiger partial charge in [-0.3, -0.25) is 5.32 Å². The van der Waals surface area contributed by atoms with Crippen LogP contribution in [-0.2, 0) is 6.18 Å². The second-order valence-corrected chi connectivity index (χ2v) is 5.47. The minimum absolute atomic E-state index is 0.000830. The van der Waals surface area contributed by atoms with Gasteiger partial charge in [-0.1, -0.05) is 29.8 Å². The van der Waals surface area contributed by atoms with Gasteiger partial charge in [0.2, 0.25) is 0 Å². The number of alkyl halides is 3. The molecule has 0 aromatic heterocycles. The van der Waals surface area contributed by atoms with E-state index in [0.717, 1.165) is 6.07 Å². The Hall–Kier alpha value is -1.92. The normalized spacial score (nSPS) is 17.2. The summed E-state index contributed by atoms with van der Waals surface area (Å²) in [6, 6.07) is 8.28.